The van der Waals surface area contributed by atoms with Gasteiger partial charge >= 0.3 is 0 Å². The number of thiophene rings is 1. The number of rotatable bonds is 6. The predicted octanol–water partition coefficient (Wildman–Crippen LogP) is 1.94. The molecule has 1 aliphatic rings. The summed E-state index contributed by atoms with van der Waals surface area (Å²) in [5.41, 5.74) is 1.24. The zero-order valence-corrected chi connectivity index (χ0v) is 18.1. The van der Waals surface area contributed by atoms with Gasteiger partial charge in [0.15, 0.2) is 5.96 Å². The molecule has 2 N–H and O–H groups in total. The summed E-state index contributed by atoms with van der Waals surface area (Å²) in [4.78, 5) is 7.61. The molecule has 1 aromatic carbocycles. The van der Waals surface area contributed by atoms with Gasteiger partial charge in [0.2, 0.25) is 0 Å². The molecule has 0 bridgehead atoms. The second kappa shape index (κ2) is 8.93. The van der Waals surface area contributed by atoms with E-state index in [9.17, 15) is 8.42 Å². The zero-order chi connectivity index (χ0) is 20.1. The Morgan fingerprint density at radius 3 is 2.68 bits per heavy atom. The number of benzene rings is 1. The molecule has 7 nitrogen and oxygen atoms in total. The summed E-state index contributed by atoms with van der Waals surface area (Å²) in [6, 6.07) is 14.2. The first-order chi connectivity index (χ1) is 13.4. The molecule has 1 saturated heterocycles. The van der Waals surface area contributed by atoms with Gasteiger partial charge in [-0.05, 0) is 30.7 Å². The molecule has 0 amide bonds. The van der Waals surface area contributed by atoms with Crippen LogP contribution in [0.4, 0.5) is 5.69 Å². The molecule has 3 rings (SSSR count). The van der Waals surface area contributed by atoms with Gasteiger partial charge in [-0.2, -0.15) is 0 Å². The Morgan fingerprint density at radius 2 is 2.00 bits per heavy atom. The number of para-hydroxylation sites is 1. The van der Waals surface area contributed by atoms with E-state index in [1.54, 1.807) is 27.2 Å². The third kappa shape index (κ3) is 4.84. The molecule has 152 valence electrons. The van der Waals surface area contributed by atoms with Crippen LogP contribution in [0.1, 0.15) is 11.3 Å². The van der Waals surface area contributed by atoms with Crippen molar-refractivity contribution >= 4 is 33.0 Å². The molecule has 2 heterocycles. The van der Waals surface area contributed by atoms with Crippen molar-refractivity contribution in [2.45, 2.75) is 23.2 Å². The van der Waals surface area contributed by atoms with E-state index in [4.69, 9.17) is 0 Å². The van der Waals surface area contributed by atoms with Crippen LogP contribution in [0.15, 0.2) is 51.7 Å². The fraction of sp³-hybridized carbons (Fsp3) is 0.421. The smallest absolute Gasteiger partial charge is 0.252 e. The molecule has 1 fully saturated rings. The van der Waals surface area contributed by atoms with Gasteiger partial charge in [-0.15, -0.1) is 11.3 Å². The maximum atomic E-state index is 12.2. The lowest BCUT2D eigenvalue weighted by atomic mass is 10.3. The molecule has 0 spiro atoms. The van der Waals surface area contributed by atoms with Crippen LogP contribution in [0.25, 0.3) is 0 Å². The Hall–Kier alpha value is -2.10. The highest BCUT2D eigenvalue weighted by molar-refractivity contribution is 7.91. The first kappa shape index (κ1) is 20.6. The lowest BCUT2D eigenvalue weighted by Gasteiger charge is -2.20. The highest BCUT2D eigenvalue weighted by Crippen LogP contribution is 2.23. The summed E-state index contributed by atoms with van der Waals surface area (Å²) in [6.07, 6.45) is 1.04. The van der Waals surface area contributed by atoms with Gasteiger partial charge in [0, 0.05) is 50.8 Å². The Morgan fingerprint density at radius 1 is 1.25 bits per heavy atom. The normalized spacial score (nSPS) is 17.9. The van der Waals surface area contributed by atoms with E-state index in [2.05, 4.69) is 44.8 Å². The number of hydrogen-bond donors (Lipinski definition) is 2. The van der Waals surface area contributed by atoms with Crippen molar-refractivity contribution in [3.05, 3.63) is 47.3 Å². The van der Waals surface area contributed by atoms with E-state index < -0.39 is 10.0 Å². The molecule has 1 aliphatic heterocycles. The minimum atomic E-state index is -3.38. The standard InChI is InChI=1S/C19H27N5O2S2/c1-20-19(21-13-17-9-10-18(27-17)28(25,26)23(2)3)22-15-11-12-24(14-15)16-7-5-4-6-8-16/h4-10,15H,11-14H2,1-3H3,(H2,20,21,22). The van der Waals surface area contributed by atoms with E-state index in [1.165, 1.54) is 21.3 Å². The van der Waals surface area contributed by atoms with Crippen LogP contribution in [-0.4, -0.2) is 59.0 Å². The first-order valence-corrected chi connectivity index (χ1v) is 11.4. The number of nitrogens with one attached hydrogen (secondary N) is 2. The number of sulfonamides is 1. The molecular formula is C19H27N5O2S2. The monoisotopic (exact) mass is 421 g/mol. The van der Waals surface area contributed by atoms with E-state index >= 15 is 0 Å². The molecular weight excluding hydrogens is 394 g/mol. The Labute approximate surface area is 171 Å². The number of anilines is 1. The lowest BCUT2D eigenvalue weighted by Crippen LogP contribution is -2.44. The summed E-state index contributed by atoms with van der Waals surface area (Å²) in [5, 5.41) is 6.75. The Bertz CT molecular complexity index is 909. The summed E-state index contributed by atoms with van der Waals surface area (Å²) < 4.78 is 26.0. The minimum absolute atomic E-state index is 0.319. The van der Waals surface area contributed by atoms with E-state index in [-0.39, 0.29) is 0 Å². The van der Waals surface area contributed by atoms with Crippen LogP contribution in [0.3, 0.4) is 0 Å². The fourth-order valence-electron chi connectivity index (χ4n) is 3.08. The number of aliphatic imine (C=N–C) groups is 1. The van der Waals surface area contributed by atoms with Crippen molar-refractivity contribution in [2.24, 2.45) is 4.99 Å². The topological polar surface area (TPSA) is 77.0 Å². The molecule has 9 heteroatoms. The predicted molar refractivity (Wildman–Crippen MR) is 116 cm³/mol. The summed E-state index contributed by atoms with van der Waals surface area (Å²) >= 11 is 1.28. The van der Waals surface area contributed by atoms with Crippen molar-refractivity contribution in [3.63, 3.8) is 0 Å². The van der Waals surface area contributed by atoms with Crippen LogP contribution in [-0.2, 0) is 16.6 Å². The highest BCUT2D eigenvalue weighted by atomic mass is 32.2. The second-order valence-corrected chi connectivity index (χ2v) is 10.4. The molecule has 0 saturated carbocycles. The van der Waals surface area contributed by atoms with Crippen LogP contribution >= 0.6 is 11.3 Å². The average Bonchev–Trinajstić information content (AvgIpc) is 3.35. The summed E-state index contributed by atoms with van der Waals surface area (Å²) in [7, 11) is 1.45. The third-order valence-corrected chi connectivity index (χ3v) is 8.04. The zero-order valence-electron chi connectivity index (χ0n) is 16.4. The maximum Gasteiger partial charge on any atom is 0.252 e. The van der Waals surface area contributed by atoms with Gasteiger partial charge < -0.3 is 15.5 Å². The molecule has 1 atom stereocenters. The van der Waals surface area contributed by atoms with Crippen LogP contribution in [0, 0.1) is 0 Å². The van der Waals surface area contributed by atoms with Crippen molar-refractivity contribution in [1.29, 1.82) is 0 Å². The van der Waals surface area contributed by atoms with Crippen molar-refractivity contribution < 1.29 is 8.42 Å². The Kier molecular flexibility index (Phi) is 6.58. The van der Waals surface area contributed by atoms with Crippen molar-refractivity contribution in [3.8, 4) is 0 Å². The maximum absolute atomic E-state index is 12.2. The van der Waals surface area contributed by atoms with Gasteiger partial charge in [0.1, 0.15) is 4.21 Å². The SMILES string of the molecule is CN=C(NCc1ccc(S(=O)(=O)N(C)C)s1)NC1CCN(c2ccccc2)C1. The van der Waals surface area contributed by atoms with Crippen LogP contribution < -0.4 is 15.5 Å². The van der Waals surface area contributed by atoms with E-state index in [1.807, 2.05) is 12.1 Å². The highest BCUT2D eigenvalue weighted by Gasteiger charge is 2.23. The number of guanidine groups is 1. The number of nitrogens with zero attached hydrogens (tertiary/aromatic N) is 3. The fourth-order valence-corrected chi connectivity index (χ4v) is 5.55. The van der Waals surface area contributed by atoms with Gasteiger partial charge in [-0.3, -0.25) is 4.99 Å². The molecule has 1 unspecified atom stereocenters. The lowest BCUT2D eigenvalue weighted by molar-refractivity contribution is 0.523. The molecule has 28 heavy (non-hydrogen) atoms. The minimum Gasteiger partial charge on any atom is -0.369 e. The van der Waals surface area contributed by atoms with Gasteiger partial charge in [-0.1, -0.05) is 18.2 Å². The quantitative estimate of drug-likeness (QED) is 0.551. The third-order valence-electron chi connectivity index (χ3n) is 4.68. The second-order valence-electron chi connectivity index (χ2n) is 6.85. The van der Waals surface area contributed by atoms with E-state index in [0.29, 0.717) is 16.8 Å². The van der Waals surface area contributed by atoms with Gasteiger partial charge in [0.25, 0.3) is 10.0 Å². The van der Waals surface area contributed by atoms with Crippen LogP contribution in [0.2, 0.25) is 0 Å². The van der Waals surface area contributed by atoms with E-state index in [0.717, 1.165) is 30.3 Å². The molecule has 2 aromatic rings. The average molecular weight is 422 g/mol. The van der Waals surface area contributed by atoms with Gasteiger partial charge in [-0.25, -0.2) is 12.7 Å². The number of hydrogen-bond acceptors (Lipinski definition) is 5. The van der Waals surface area contributed by atoms with Gasteiger partial charge in [0.05, 0.1) is 6.54 Å². The molecule has 0 aliphatic carbocycles. The van der Waals surface area contributed by atoms with Crippen molar-refractivity contribution in [1.82, 2.24) is 14.9 Å². The van der Waals surface area contributed by atoms with Crippen LogP contribution in [0.5, 0.6) is 0 Å². The van der Waals surface area contributed by atoms with Crippen molar-refractivity contribution in [2.75, 3.05) is 39.1 Å². The first-order valence-electron chi connectivity index (χ1n) is 9.18. The largest absolute Gasteiger partial charge is 0.369 e. The summed E-state index contributed by atoms with van der Waals surface area (Å²) in [5.74, 6) is 0.727. The molecule has 0 radical (unpaired) electrons. The summed E-state index contributed by atoms with van der Waals surface area (Å²) in [6.45, 7) is 2.46. The molecule has 1 aromatic heterocycles. The Balaban J connectivity index is 1.53.